The zero-order valence-corrected chi connectivity index (χ0v) is 12.2. The normalized spacial score (nSPS) is 17.0. The van der Waals surface area contributed by atoms with Crippen LogP contribution in [-0.4, -0.2) is 10.9 Å². The minimum Gasteiger partial charge on any atom is -0.392 e. The molecule has 0 aromatic heterocycles. The third kappa shape index (κ3) is 2.88. The predicted molar refractivity (Wildman–Crippen MR) is 77.9 cm³/mol. The summed E-state index contributed by atoms with van der Waals surface area (Å²) in [6, 6.07) is 3.24. The van der Waals surface area contributed by atoms with E-state index in [4.69, 9.17) is 18.0 Å². The minimum atomic E-state index is -4.45. The highest BCUT2D eigenvalue weighted by Gasteiger charge is 2.47. The molecule has 0 radical (unpaired) electrons. The fourth-order valence-electron chi connectivity index (χ4n) is 2.29. The maximum Gasteiger partial charge on any atom is 0.416 e. The number of hydrogen-bond donors (Lipinski definition) is 2. The van der Waals surface area contributed by atoms with Gasteiger partial charge in [-0.05, 0) is 37.5 Å². The van der Waals surface area contributed by atoms with Crippen molar-refractivity contribution < 1.29 is 18.0 Å². The van der Waals surface area contributed by atoms with Crippen molar-refractivity contribution in [1.29, 1.82) is 0 Å². The van der Waals surface area contributed by atoms with E-state index in [-0.39, 0.29) is 10.7 Å². The summed E-state index contributed by atoms with van der Waals surface area (Å²) in [6.07, 6.45) is -2.56. The molecule has 1 saturated carbocycles. The highest BCUT2D eigenvalue weighted by atomic mass is 32.1. The molecule has 0 atom stereocenters. The molecule has 3 N–H and O–H groups in total. The molecule has 0 aliphatic heterocycles. The fourth-order valence-corrected chi connectivity index (χ4v) is 2.59. The Bertz CT molecular complexity index is 594. The lowest BCUT2D eigenvalue weighted by atomic mass is 9.68. The molecule has 1 aromatic carbocycles. The topological polar surface area (TPSA) is 55.1 Å². The van der Waals surface area contributed by atoms with Crippen LogP contribution >= 0.6 is 12.2 Å². The Labute approximate surface area is 125 Å². The summed E-state index contributed by atoms with van der Waals surface area (Å²) in [4.78, 5) is 12.4. The summed E-state index contributed by atoms with van der Waals surface area (Å²) in [5.74, 6) is -0.427. The molecule has 0 bridgehead atoms. The largest absolute Gasteiger partial charge is 0.416 e. The van der Waals surface area contributed by atoms with Crippen LogP contribution in [0.2, 0.25) is 0 Å². The van der Waals surface area contributed by atoms with Gasteiger partial charge in [0.25, 0.3) is 0 Å². The van der Waals surface area contributed by atoms with Crippen LogP contribution < -0.4 is 11.1 Å². The smallest absolute Gasteiger partial charge is 0.392 e. The molecule has 1 fully saturated rings. The Morgan fingerprint density at radius 2 is 2.00 bits per heavy atom. The molecule has 21 heavy (non-hydrogen) atoms. The predicted octanol–water partition coefficient (Wildman–Crippen LogP) is 3.41. The standard InChI is InChI=1S/C14H15F3N2OS/c1-8-3-4-9(14(15,16)17)7-10(8)19-12(20)13(11(18)21)5-2-6-13/h3-4,7H,2,5-6H2,1H3,(H2,18,21)(H,19,20). The van der Waals surface area contributed by atoms with E-state index >= 15 is 0 Å². The SMILES string of the molecule is Cc1ccc(C(F)(F)F)cc1NC(=O)C1(C(N)=S)CCC1. The van der Waals surface area contributed by atoms with Crippen molar-refractivity contribution in [3.05, 3.63) is 29.3 Å². The van der Waals surface area contributed by atoms with Gasteiger partial charge in [0.15, 0.2) is 0 Å². The molecule has 0 heterocycles. The molecular formula is C14H15F3N2OS. The monoisotopic (exact) mass is 316 g/mol. The molecule has 1 aliphatic carbocycles. The number of hydrogen-bond acceptors (Lipinski definition) is 2. The summed E-state index contributed by atoms with van der Waals surface area (Å²) in [5, 5.41) is 2.54. The average Bonchev–Trinajstić information content (AvgIpc) is 2.28. The van der Waals surface area contributed by atoms with Gasteiger partial charge >= 0.3 is 6.18 Å². The van der Waals surface area contributed by atoms with E-state index in [9.17, 15) is 18.0 Å². The lowest BCUT2D eigenvalue weighted by Gasteiger charge is -2.39. The van der Waals surface area contributed by atoms with Crippen LogP contribution in [0.4, 0.5) is 18.9 Å². The lowest BCUT2D eigenvalue weighted by Crippen LogP contribution is -2.50. The summed E-state index contributed by atoms with van der Waals surface area (Å²) in [7, 11) is 0. The number of thiocarbonyl (C=S) groups is 1. The number of amides is 1. The van der Waals surface area contributed by atoms with E-state index in [2.05, 4.69) is 5.32 Å². The van der Waals surface area contributed by atoms with Crippen LogP contribution in [0.15, 0.2) is 18.2 Å². The molecule has 2 rings (SSSR count). The van der Waals surface area contributed by atoms with Crippen molar-refractivity contribution in [1.82, 2.24) is 0 Å². The Hall–Kier alpha value is -1.63. The molecule has 0 unspecified atom stereocenters. The van der Waals surface area contributed by atoms with Crippen LogP contribution in [0.1, 0.15) is 30.4 Å². The molecular weight excluding hydrogens is 301 g/mol. The molecule has 0 spiro atoms. The van der Waals surface area contributed by atoms with Gasteiger partial charge in [0.05, 0.1) is 16.0 Å². The van der Waals surface area contributed by atoms with E-state index < -0.39 is 23.1 Å². The molecule has 1 aliphatic rings. The van der Waals surface area contributed by atoms with E-state index in [1.54, 1.807) is 6.92 Å². The van der Waals surface area contributed by atoms with Crippen molar-refractivity contribution in [2.75, 3.05) is 5.32 Å². The number of benzene rings is 1. The second kappa shape index (κ2) is 5.29. The van der Waals surface area contributed by atoms with Crippen molar-refractivity contribution in [3.8, 4) is 0 Å². The second-order valence-corrected chi connectivity index (χ2v) is 5.72. The number of nitrogens with two attached hydrogens (primary N) is 1. The Kier molecular flexibility index (Phi) is 3.97. The van der Waals surface area contributed by atoms with E-state index in [1.807, 2.05) is 0 Å². The van der Waals surface area contributed by atoms with Crippen LogP contribution in [0, 0.1) is 12.3 Å². The van der Waals surface area contributed by atoms with Crippen molar-refractivity contribution in [2.24, 2.45) is 11.1 Å². The number of carbonyl (C=O) groups excluding carboxylic acids is 1. The van der Waals surface area contributed by atoms with E-state index in [0.717, 1.165) is 18.6 Å². The van der Waals surface area contributed by atoms with Crippen LogP contribution in [0.5, 0.6) is 0 Å². The fraction of sp³-hybridized carbons (Fsp3) is 0.429. The zero-order valence-electron chi connectivity index (χ0n) is 11.4. The van der Waals surface area contributed by atoms with Gasteiger partial charge < -0.3 is 11.1 Å². The van der Waals surface area contributed by atoms with Gasteiger partial charge in [-0.25, -0.2) is 0 Å². The molecule has 1 aromatic rings. The minimum absolute atomic E-state index is 0.0934. The number of aryl methyl sites for hydroxylation is 1. The van der Waals surface area contributed by atoms with Gasteiger partial charge in [-0.1, -0.05) is 24.7 Å². The first kappa shape index (κ1) is 15.8. The number of halogens is 3. The van der Waals surface area contributed by atoms with Crippen molar-refractivity contribution in [2.45, 2.75) is 32.4 Å². The van der Waals surface area contributed by atoms with Crippen molar-refractivity contribution >= 4 is 28.8 Å². The van der Waals surface area contributed by atoms with Gasteiger partial charge in [0.1, 0.15) is 0 Å². The van der Waals surface area contributed by atoms with Crippen LogP contribution in [-0.2, 0) is 11.0 Å². The summed E-state index contributed by atoms with van der Waals surface area (Å²) < 4.78 is 38.2. The highest BCUT2D eigenvalue weighted by molar-refractivity contribution is 7.80. The van der Waals surface area contributed by atoms with Gasteiger partial charge in [-0.3, -0.25) is 4.79 Å². The third-order valence-corrected chi connectivity index (χ3v) is 4.32. The van der Waals surface area contributed by atoms with Crippen molar-refractivity contribution in [3.63, 3.8) is 0 Å². The first-order valence-electron chi connectivity index (χ1n) is 6.46. The van der Waals surface area contributed by atoms with E-state index in [1.165, 1.54) is 6.07 Å². The number of nitrogens with one attached hydrogen (secondary N) is 1. The molecule has 114 valence electrons. The highest BCUT2D eigenvalue weighted by Crippen LogP contribution is 2.42. The molecule has 3 nitrogen and oxygen atoms in total. The average molecular weight is 316 g/mol. The Morgan fingerprint density at radius 1 is 1.38 bits per heavy atom. The number of carbonyl (C=O) groups is 1. The maximum absolute atomic E-state index is 12.7. The summed E-state index contributed by atoms with van der Waals surface area (Å²) in [5.41, 5.74) is 4.58. The van der Waals surface area contributed by atoms with Gasteiger partial charge in [-0.2, -0.15) is 13.2 Å². The zero-order chi connectivity index (χ0) is 15.8. The number of anilines is 1. The first-order valence-corrected chi connectivity index (χ1v) is 6.87. The summed E-state index contributed by atoms with van der Waals surface area (Å²) in [6.45, 7) is 1.63. The Morgan fingerprint density at radius 3 is 2.43 bits per heavy atom. The Balaban J connectivity index is 2.27. The first-order chi connectivity index (χ1) is 9.67. The van der Waals surface area contributed by atoms with Gasteiger partial charge in [0, 0.05) is 5.69 Å². The quantitative estimate of drug-likeness (QED) is 0.840. The summed E-state index contributed by atoms with van der Waals surface area (Å²) >= 11 is 4.93. The third-order valence-electron chi connectivity index (χ3n) is 3.93. The van der Waals surface area contributed by atoms with Gasteiger partial charge in [0.2, 0.25) is 5.91 Å². The van der Waals surface area contributed by atoms with E-state index in [0.29, 0.717) is 18.4 Å². The number of rotatable bonds is 3. The van der Waals surface area contributed by atoms with Crippen LogP contribution in [0.25, 0.3) is 0 Å². The second-order valence-electron chi connectivity index (χ2n) is 5.28. The van der Waals surface area contributed by atoms with Gasteiger partial charge in [-0.15, -0.1) is 0 Å². The molecule has 7 heteroatoms. The maximum atomic E-state index is 12.7. The number of alkyl halides is 3. The van der Waals surface area contributed by atoms with Crippen LogP contribution in [0.3, 0.4) is 0 Å². The molecule has 1 amide bonds. The molecule has 0 saturated heterocycles. The lowest BCUT2D eigenvalue weighted by molar-refractivity contribution is -0.137.